The Morgan fingerprint density at radius 3 is 2.91 bits per heavy atom. The molecule has 0 aromatic carbocycles. The van der Waals surface area contributed by atoms with Crippen LogP contribution in [0.3, 0.4) is 0 Å². The number of carbonyl (C=O) groups is 1. The SMILES string of the molecule is Cc1cccc(CNC(=O)c2cnc3ccccn3c2=O)n1. The van der Waals surface area contributed by atoms with Gasteiger partial charge in [0.25, 0.3) is 11.5 Å². The zero-order valence-electron chi connectivity index (χ0n) is 12.0. The molecular weight excluding hydrogens is 280 g/mol. The van der Waals surface area contributed by atoms with E-state index in [9.17, 15) is 9.59 Å². The lowest BCUT2D eigenvalue weighted by Crippen LogP contribution is -2.31. The minimum absolute atomic E-state index is 0.0105. The number of aryl methyl sites for hydroxylation is 1. The number of nitrogens with zero attached hydrogens (tertiary/aromatic N) is 3. The molecule has 22 heavy (non-hydrogen) atoms. The third-order valence-corrected chi connectivity index (χ3v) is 3.23. The van der Waals surface area contributed by atoms with Crippen LogP contribution >= 0.6 is 0 Å². The van der Waals surface area contributed by atoms with Crippen LogP contribution in [0.5, 0.6) is 0 Å². The fourth-order valence-corrected chi connectivity index (χ4v) is 2.15. The number of nitrogens with one attached hydrogen (secondary N) is 1. The maximum atomic E-state index is 12.3. The average molecular weight is 294 g/mol. The molecule has 0 spiro atoms. The first-order chi connectivity index (χ1) is 10.6. The second-order valence-corrected chi connectivity index (χ2v) is 4.86. The van der Waals surface area contributed by atoms with E-state index in [0.717, 1.165) is 11.4 Å². The lowest BCUT2D eigenvalue weighted by Gasteiger charge is -2.06. The van der Waals surface area contributed by atoms with Crippen molar-refractivity contribution in [2.45, 2.75) is 13.5 Å². The van der Waals surface area contributed by atoms with Crippen LogP contribution in [0.25, 0.3) is 5.65 Å². The van der Waals surface area contributed by atoms with Crippen LogP contribution in [0.4, 0.5) is 0 Å². The first kappa shape index (κ1) is 13.9. The van der Waals surface area contributed by atoms with Gasteiger partial charge < -0.3 is 5.32 Å². The Morgan fingerprint density at radius 1 is 1.23 bits per heavy atom. The van der Waals surface area contributed by atoms with Crippen LogP contribution in [0, 0.1) is 6.92 Å². The summed E-state index contributed by atoms with van der Waals surface area (Å²) in [5.41, 5.74) is 1.74. The molecule has 0 saturated heterocycles. The summed E-state index contributed by atoms with van der Waals surface area (Å²) in [4.78, 5) is 32.9. The predicted molar refractivity (Wildman–Crippen MR) is 81.6 cm³/mol. The molecule has 6 heteroatoms. The Morgan fingerprint density at radius 2 is 2.09 bits per heavy atom. The van der Waals surface area contributed by atoms with Gasteiger partial charge in [0.15, 0.2) is 0 Å². The van der Waals surface area contributed by atoms with Gasteiger partial charge in [-0.05, 0) is 31.2 Å². The molecule has 0 aliphatic carbocycles. The van der Waals surface area contributed by atoms with E-state index in [1.165, 1.54) is 10.6 Å². The summed E-state index contributed by atoms with van der Waals surface area (Å²) >= 11 is 0. The molecule has 0 fully saturated rings. The largest absolute Gasteiger partial charge is 0.346 e. The van der Waals surface area contributed by atoms with Crippen molar-refractivity contribution >= 4 is 11.6 Å². The van der Waals surface area contributed by atoms with Crippen molar-refractivity contribution in [1.29, 1.82) is 0 Å². The van der Waals surface area contributed by atoms with Gasteiger partial charge in [0.2, 0.25) is 0 Å². The standard InChI is InChI=1S/C16H14N4O2/c1-11-5-4-6-12(19-11)9-18-15(21)13-10-17-14-7-2-3-8-20(14)16(13)22/h2-8,10H,9H2,1H3,(H,18,21). The highest BCUT2D eigenvalue weighted by Crippen LogP contribution is 2.00. The second kappa shape index (κ2) is 5.77. The third kappa shape index (κ3) is 2.71. The van der Waals surface area contributed by atoms with Crippen LogP contribution < -0.4 is 10.9 Å². The van der Waals surface area contributed by atoms with Crippen LogP contribution in [0.15, 0.2) is 53.6 Å². The first-order valence-electron chi connectivity index (χ1n) is 6.82. The summed E-state index contributed by atoms with van der Waals surface area (Å²) in [6.07, 6.45) is 2.89. The van der Waals surface area contributed by atoms with Crippen LogP contribution in [-0.4, -0.2) is 20.3 Å². The van der Waals surface area contributed by atoms with Crippen LogP contribution in [-0.2, 0) is 6.54 Å². The lowest BCUT2D eigenvalue weighted by molar-refractivity contribution is 0.0948. The van der Waals surface area contributed by atoms with Gasteiger partial charge in [0.05, 0.1) is 12.2 Å². The molecule has 1 amide bonds. The first-order valence-corrected chi connectivity index (χ1v) is 6.82. The third-order valence-electron chi connectivity index (χ3n) is 3.23. The van der Waals surface area contributed by atoms with Crippen molar-refractivity contribution in [1.82, 2.24) is 19.7 Å². The minimum atomic E-state index is -0.459. The normalized spacial score (nSPS) is 10.6. The molecule has 110 valence electrons. The van der Waals surface area contributed by atoms with Gasteiger partial charge in [0.1, 0.15) is 11.2 Å². The maximum Gasteiger partial charge on any atom is 0.270 e. The molecular formula is C16H14N4O2. The zero-order valence-corrected chi connectivity index (χ0v) is 12.0. The monoisotopic (exact) mass is 294 g/mol. The smallest absolute Gasteiger partial charge is 0.270 e. The summed E-state index contributed by atoms with van der Waals surface area (Å²) in [5, 5.41) is 2.69. The van der Waals surface area contributed by atoms with E-state index >= 15 is 0 Å². The number of hydrogen-bond donors (Lipinski definition) is 1. The summed E-state index contributed by atoms with van der Waals surface area (Å²) in [5.74, 6) is -0.459. The fraction of sp³-hybridized carbons (Fsp3) is 0.125. The topological polar surface area (TPSA) is 76.4 Å². The second-order valence-electron chi connectivity index (χ2n) is 4.86. The Kier molecular flexibility index (Phi) is 3.65. The molecule has 0 atom stereocenters. The Hall–Kier alpha value is -3.02. The fourth-order valence-electron chi connectivity index (χ4n) is 2.15. The number of aromatic nitrogens is 3. The Balaban J connectivity index is 1.83. The Bertz CT molecular complexity index is 902. The number of amides is 1. The molecule has 0 bridgehead atoms. The highest BCUT2D eigenvalue weighted by atomic mass is 16.2. The van der Waals surface area contributed by atoms with Gasteiger partial charge in [-0.3, -0.25) is 19.0 Å². The summed E-state index contributed by atoms with van der Waals surface area (Å²) < 4.78 is 1.35. The molecule has 0 unspecified atom stereocenters. The Labute approximate surface area is 126 Å². The average Bonchev–Trinajstić information content (AvgIpc) is 2.53. The summed E-state index contributed by atoms with van der Waals surface area (Å²) in [6, 6.07) is 10.8. The van der Waals surface area contributed by atoms with Crippen molar-refractivity contribution < 1.29 is 4.79 Å². The maximum absolute atomic E-state index is 12.3. The van der Waals surface area contributed by atoms with Crippen LogP contribution in [0.1, 0.15) is 21.7 Å². The lowest BCUT2D eigenvalue weighted by atomic mass is 10.2. The molecule has 6 nitrogen and oxygen atoms in total. The number of carbonyl (C=O) groups excluding carboxylic acids is 1. The van der Waals surface area contributed by atoms with E-state index in [-0.39, 0.29) is 17.7 Å². The van der Waals surface area contributed by atoms with E-state index in [1.54, 1.807) is 24.4 Å². The molecule has 3 rings (SSSR count). The van der Waals surface area contributed by atoms with Crippen molar-refractivity contribution in [2.75, 3.05) is 0 Å². The molecule has 1 N–H and O–H groups in total. The number of rotatable bonds is 3. The van der Waals surface area contributed by atoms with Crippen molar-refractivity contribution in [3.05, 3.63) is 76.1 Å². The molecule has 0 aliphatic heterocycles. The van der Waals surface area contributed by atoms with Crippen molar-refractivity contribution in [2.24, 2.45) is 0 Å². The zero-order chi connectivity index (χ0) is 15.5. The molecule has 0 aliphatic rings. The highest BCUT2D eigenvalue weighted by Gasteiger charge is 2.12. The van der Waals surface area contributed by atoms with Gasteiger partial charge in [-0.1, -0.05) is 12.1 Å². The predicted octanol–water partition coefficient (Wildman–Crippen LogP) is 1.33. The van der Waals surface area contributed by atoms with E-state index in [2.05, 4.69) is 15.3 Å². The van der Waals surface area contributed by atoms with E-state index < -0.39 is 5.91 Å². The number of fused-ring (bicyclic) bond motifs is 1. The van der Waals surface area contributed by atoms with Gasteiger partial charge >= 0.3 is 0 Å². The number of pyridine rings is 2. The van der Waals surface area contributed by atoms with Crippen LogP contribution in [0.2, 0.25) is 0 Å². The molecule has 3 aromatic rings. The van der Waals surface area contributed by atoms with Gasteiger partial charge in [-0.2, -0.15) is 0 Å². The molecule has 0 radical (unpaired) electrons. The quantitative estimate of drug-likeness (QED) is 0.790. The van der Waals surface area contributed by atoms with Gasteiger partial charge in [-0.15, -0.1) is 0 Å². The van der Waals surface area contributed by atoms with E-state index in [0.29, 0.717) is 5.65 Å². The van der Waals surface area contributed by atoms with Crippen molar-refractivity contribution in [3.8, 4) is 0 Å². The van der Waals surface area contributed by atoms with Gasteiger partial charge in [0, 0.05) is 18.1 Å². The number of hydrogen-bond acceptors (Lipinski definition) is 4. The highest BCUT2D eigenvalue weighted by molar-refractivity contribution is 5.93. The minimum Gasteiger partial charge on any atom is -0.346 e. The van der Waals surface area contributed by atoms with E-state index in [1.807, 2.05) is 25.1 Å². The summed E-state index contributed by atoms with van der Waals surface area (Å²) in [6.45, 7) is 2.14. The van der Waals surface area contributed by atoms with Crippen molar-refractivity contribution in [3.63, 3.8) is 0 Å². The molecule has 3 aromatic heterocycles. The summed E-state index contributed by atoms with van der Waals surface area (Å²) in [7, 11) is 0. The van der Waals surface area contributed by atoms with E-state index in [4.69, 9.17) is 0 Å². The van der Waals surface area contributed by atoms with Gasteiger partial charge in [-0.25, -0.2) is 4.98 Å². The molecule has 0 saturated carbocycles. The molecule has 3 heterocycles.